The molecule has 0 aromatic heterocycles. The van der Waals surface area contributed by atoms with Crippen LogP contribution in [0.15, 0.2) is 53.4 Å². The van der Waals surface area contributed by atoms with Crippen LogP contribution in [-0.2, 0) is 14.8 Å². The molecular weight excluding hydrogens is 380 g/mol. The van der Waals surface area contributed by atoms with E-state index in [1.54, 1.807) is 12.1 Å². The number of methoxy groups -OCH3 is 1. The van der Waals surface area contributed by atoms with Crippen LogP contribution in [0.2, 0.25) is 0 Å². The van der Waals surface area contributed by atoms with Crippen molar-refractivity contribution in [2.24, 2.45) is 0 Å². The molecule has 0 fully saturated rings. The Morgan fingerprint density at radius 3 is 2.61 bits per heavy atom. The highest BCUT2D eigenvalue weighted by atomic mass is 32.2. The number of para-hydroxylation sites is 2. The molecule has 1 aliphatic rings. The molecule has 0 radical (unpaired) electrons. The van der Waals surface area contributed by atoms with E-state index in [9.17, 15) is 13.2 Å². The van der Waals surface area contributed by atoms with Gasteiger partial charge in [0.05, 0.1) is 36.3 Å². The van der Waals surface area contributed by atoms with Gasteiger partial charge in [-0.2, -0.15) is 4.31 Å². The summed E-state index contributed by atoms with van der Waals surface area (Å²) in [5.41, 5.74) is 1.02. The summed E-state index contributed by atoms with van der Waals surface area (Å²) in [6.45, 7) is 3.57. The van der Waals surface area contributed by atoms with Crippen molar-refractivity contribution < 1.29 is 22.7 Å². The highest BCUT2D eigenvalue weighted by molar-refractivity contribution is 7.89. The molecule has 0 aliphatic carbocycles. The molecule has 1 heterocycles. The lowest BCUT2D eigenvalue weighted by molar-refractivity contribution is 0.0596. The van der Waals surface area contributed by atoms with Crippen LogP contribution in [0.25, 0.3) is 0 Å². The fourth-order valence-corrected chi connectivity index (χ4v) is 4.67. The SMILES string of the molecule is CCN1C[C@@H](CN(C)S(=O)(=O)c2ccccc2C(=O)OC)Oc2ccccc21. The number of sulfonamides is 1. The third kappa shape index (κ3) is 3.83. The van der Waals surface area contributed by atoms with Gasteiger partial charge >= 0.3 is 5.97 Å². The number of benzene rings is 2. The standard InChI is InChI=1S/C20H24N2O5S/c1-4-22-14-15(27-18-11-7-6-10-17(18)22)13-21(2)28(24,25)19-12-8-5-9-16(19)20(23)26-3/h5-12,15H,4,13-14H2,1-3H3/t15-/m1/s1. The van der Waals surface area contributed by atoms with E-state index in [0.717, 1.165) is 18.0 Å². The average Bonchev–Trinajstić information content (AvgIpc) is 2.72. The van der Waals surface area contributed by atoms with E-state index >= 15 is 0 Å². The van der Waals surface area contributed by atoms with Gasteiger partial charge in [-0.05, 0) is 31.2 Å². The minimum Gasteiger partial charge on any atom is -0.485 e. The van der Waals surface area contributed by atoms with E-state index in [4.69, 9.17) is 9.47 Å². The second-order valence-corrected chi connectivity index (χ2v) is 8.53. The van der Waals surface area contributed by atoms with E-state index in [1.165, 1.54) is 30.6 Å². The van der Waals surface area contributed by atoms with Gasteiger partial charge in [0.1, 0.15) is 11.9 Å². The lowest BCUT2D eigenvalue weighted by Crippen LogP contribution is -2.46. The van der Waals surface area contributed by atoms with E-state index < -0.39 is 16.0 Å². The Kier molecular flexibility index (Phi) is 5.90. The van der Waals surface area contributed by atoms with Gasteiger partial charge in [-0.15, -0.1) is 0 Å². The quantitative estimate of drug-likeness (QED) is 0.688. The van der Waals surface area contributed by atoms with Gasteiger partial charge in [-0.25, -0.2) is 13.2 Å². The van der Waals surface area contributed by atoms with Crippen molar-refractivity contribution in [1.29, 1.82) is 0 Å². The number of carbonyl (C=O) groups is 1. The number of hydrogen-bond donors (Lipinski definition) is 0. The van der Waals surface area contributed by atoms with Gasteiger partial charge in [0.25, 0.3) is 0 Å². The Morgan fingerprint density at radius 1 is 1.21 bits per heavy atom. The molecule has 7 nitrogen and oxygen atoms in total. The number of rotatable bonds is 6. The molecule has 0 unspecified atom stereocenters. The second kappa shape index (κ2) is 8.20. The van der Waals surface area contributed by atoms with Crippen molar-refractivity contribution in [3.05, 3.63) is 54.1 Å². The molecule has 2 aromatic rings. The van der Waals surface area contributed by atoms with Gasteiger partial charge in [0.15, 0.2) is 0 Å². The van der Waals surface area contributed by atoms with Crippen LogP contribution >= 0.6 is 0 Å². The molecule has 0 saturated heterocycles. The van der Waals surface area contributed by atoms with Crippen LogP contribution in [0.3, 0.4) is 0 Å². The van der Waals surface area contributed by atoms with Crippen molar-refractivity contribution in [1.82, 2.24) is 4.31 Å². The molecule has 0 N–H and O–H groups in total. The third-order valence-corrected chi connectivity index (χ3v) is 6.63. The predicted octanol–water partition coefficient (Wildman–Crippen LogP) is 2.38. The molecule has 0 bridgehead atoms. The maximum atomic E-state index is 13.1. The number of esters is 1. The number of anilines is 1. The summed E-state index contributed by atoms with van der Waals surface area (Å²) in [4.78, 5) is 14.1. The summed E-state index contributed by atoms with van der Waals surface area (Å²) in [5.74, 6) is 0.0499. The third-order valence-electron chi connectivity index (χ3n) is 4.75. The second-order valence-electron chi connectivity index (χ2n) is 6.52. The number of hydrogen-bond acceptors (Lipinski definition) is 6. The smallest absolute Gasteiger partial charge is 0.339 e. The first kappa shape index (κ1) is 20.2. The number of ether oxygens (including phenoxy) is 2. The number of nitrogens with zero attached hydrogens (tertiary/aromatic N) is 2. The summed E-state index contributed by atoms with van der Waals surface area (Å²) in [6.07, 6.45) is -0.333. The van der Waals surface area contributed by atoms with Gasteiger partial charge in [-0.3, -0.25) is 0 Å². The number of carbonyl (C=O) groups excluding carboxylic acids is 1. The van der Waals surface area contributed by atoms with Crippen molar-refractivity contribution in [3.8, 4) is 5.75 Å². The Morgan fingerprint density at radius 2 is 1.89 bits per heavy atom. The molecular formula is C20H24N2O5S. The maximum Gasteiger partial charge on any atom is 0.339 e. The van der Waals surface area contributed by atoms with Crippen LogP contribution in [0.5, 0.6) is 5.75 Å². The molecule has 2 aromatic carbocycles. The Labute approximate surface area is 165 Å². The lowest BCUT2D eigenvalue weighted by Gasteiger charge is -2.37. The first-order valence-corrected chi connectivity index (χ1v) is 10.5. The summed E-state index contributed by atoms with van der Waals surface area (Å²) in [7, 11) is -1.18. The molecule has 1 atom stereocenters. The van der Waals surface area contributed by atoms with Crippen molar-refractivity contribution >= 4 is 21.7 Å². The number of fused-ring (bicyclic) bond motifs is 1. The zero-order valence-corrected chi connectivity index (χ0v) is 17.0. The molecule has 28 heavy (non-hydrogen) atoms. The zero-order valence-electron chi connectivity index (χ0n) is 16.2. The van der Waals surface area contributed by atoms with Gasteiger partial charge in [-0.1, -0.05) is 24.3 Å². The lowest BCUT2D eigenvalue weighted by atomic mass is 10.2. The van der Waals surface area contributed by atoms with Crippen LogP contribution < -0.4 is 9.64 Å². The van der Waals surface area contributed by atoms with Crippen molar-refractivity contribution in [2.45, 2.75) is 17.9 Å². The highest BCUT2D eigenvalue weighted by Gasteiger charge is 2.31. The minimum absolute atomic E-state index is 0.0157. The van der Waals surface area contributed by atoms with Gasteiger partial charge < -0.3 is 14.4 Å². The zero-order chi connectivity index (χ0) is 20.3. The van der Waals surface area contributed by atoms with E-state index in [2.05, 4.69) is 4.90 Å². The molecule has 1 aliphatic heterocycles. The largest absolute Gasteiger partial charge is 0.485 e. The molecule has 8 heteroatoms. The fourth-order valence-electron chi connectivity index (χ4n) is 3.30. The van der Waals surface area contributed by atoms with Crippen LogP contribution in [-0.4, -0.2) is 58.6 Å². The van der Waals surface area contributed by atoms with Crippen LogP contribution in [0, 0.1) is 0 Å². The monoisotopic (exact) mass is 404 g/mol. The van der Waals surface area contributed by atoms with Crippen LogP contribution in [0.1, 0.15) is 17.3 Å². The van der Waals surface area contributed by atoms with Gasteiger partial charge in [0.2, 0.25) is 10.0 Å². The first-order valence-electron chi connectivity index (χ1n) is 9.02. The average molecular weight is 404 g/mol. The highest BCUT2D eigenvalue weighted by Crippen LogP contribution is 2.33. The van der Waals surface area contributed by atoms with E-state index in [0.29, 0.717) is 6.54 Å². The van der Waals surface area contributed by atoms with Gasteiger partial charge in [0, 0.05) is 13.6 Å². The molecule has 0 amide bonds. The normalized spacial score (nSPS) is 16.4. The minimum atomic E-state index is -3.89. The topological polar surface area (TPSA) is 76.2 Å². The predicted molar refractivity (Wildman–Crippen MR) is 106 cm³/mol. The first-order chi connectivity index (χ1) is 13.4. The maximum absolute atomic E-state index is 13.1. The molecule has 3 rings (SSSR count). The molecule has 150 valence electrons. The summed E-state index contributed by atoms with van der Waals surface area (Å²) >= 11 is 0. The van der Waals surface area contributed by atoms with Crippen LogP contribution in [0.4, 0.5) is 5.69 Å². The van der Waals surface area contributed by atoms with Crippen molar-refractivity contribution in [2.75, 3.05) is 38.7 Å². The number of likely N-dealkylation sites (N-methyl/N-ethyl adjacent to an activating group) is 2. The van der Waals surface area contributed by atoms with Crippen molar-refractivity contribution in [3.63, 3.8) is 0 Å². The summed E-state index contributed by atoms with van der Waals surface area (Å²) in [5, 5.41) is 0. The molecule has 0 spiro atoms. The Bertz CT molecular complexity index is 961. The van der Waals surface area contributed by atoms with E-state index in [-0.39, 0.29) is 23.1 Å². The fraction of sp³-hybridized carbons (Fsp3) is 0.350. The van der Waals surface area contributed by atoms with E-state index in [1.807, 2.05) is 31.2 Å². The summed E-state index contributed by atoms with van der Waals surface area (Å²) in [6, 6.07) is 13.7. The Hall–Kier alpha value is -2.58. The summed E-state index contributed by atoms with van der Waals surface area (Å²) < 4.78 is 38.2. The molecule has 0 saturated carbocycles. The Balaban J connectivity index is 1.84.